The average molecular weight is 456 g/mol. The molecular weight excluding hydrogens is 422 g/mol. The summed E-state index contributed by atoms with van der Waals surface area (Å²) in [6.07, 6.45) is 2.28. The van der Waals surface area contributed by atoms with Crippen LogP contribution in [0.1, 0.15) is 40.6 Å². The van der Waals surface area contributed by atoms with Crippen LogP contribution in [0.2, 0.25) is 0 Å². The van der Waals surface area contributed by atoms with Crippen LogP contribution in [0.15, 0.2) is 60.7 Å². The van der Waals surface area contributed by atoms with Crippen LogP contribution >= 0.6 is 0 Å². The molecule has 0 spiro atoms. The molecule has 3 aromatic rings. The highest BCUT2D eigenvalue weighted by Crippen LogP contribution is 2.41. The number of carbonyl (C=O) groups is 1. The number of aromatic nitrogens is 2. The van der Waals surface area contributed by atoms with Crippen molar-refractivity contribution in [2.45, 2.75) is 31.7 Å². The maximum absolute atomic E-state index is 12.5. The molecule has 3 aliphatic rings. The van der Waals surface area contributed by atoms with Crippen molar-refractivity contribution < 1.29 is 4.79 Å². The average Bonchev–Trinajstić information content (AvgIpc) is 2.87. The number of benzene rings is 2. The zero-order valence-electron chi connectivity index (χ0n) is 20.2. The van der Waals surface area contributed by atoms with Crippen LogP contribution in [-0.4, -0.2) is 60.5 Å². The van der Waals surface area contributed by atoms with E-state index < -0.39 is 0 Å². The van der Waals surface area contributed by atoms with E-state index in [2.05, 4.69) is 59.5 Å². The Labute approximate surface area is 202 Å². The van der Waals surface area contributed by atoms with Gasteiger partial charge in [0, 0.05) is 61.7 Å². The Balaban J connectivity index is 1.28. The molecule has 2 aromatic carbocycles. The van der Waals surface area contributed by atoms with Crippen LogP contribution in [0.5, 0.6) is 0 Å². The fourth-order valence-electron chi connectivity index (χ4n) is 5.45. The van der Waals surface area contributed by atoms with E-state index in [4.69, 9.17) is 9.97 Å². The lowest BCUT2D eigenvalue weighted by atomic mass is 9.74. The van der Waals surface area contributed by atoms with Gasteiger partial charge in [-0.1, -0.05) is 30.3 Å². The first-order valence-corrected chi connectivity index (χ1v) is 12.2. The quantitative estimate of drug-likeness (QED) is 0.606. The van der Waals surface area contributed by atoms with Gasteiger partial charge in [-0.2, -0.15) is 0 Å². The monoisotopic (exact) mass is 455 g/mol. The second-order valence-electron chi connectivity index (χ2n) is 9.78. The van der Waals surface area contributed by atoms with Crippen LogP contribution in [0.25, 0.3) is 11.3 Å². The predicted molar refractivity (Wildman–Crippen MR) is 136 cm³/mol. The summed E-state index contributed by atoms with van der Waals surface area (Å²) < 4.78 is 0. The summed E-state index contributed by atoms with van der Waals surface area (Å²) in [5.74, 6) is 1.83. The standard InChI is InChI=1S/C28H33N5O/c1-19-30-26(20-9-11-23(12-10-20)32(2)3)16-27(31-19)25-18-33-14-13-22(25)15-24(33)17-29-28(34)21-7-5-4-6-8-21/h4-12,16,22,24-25H,13-15,17-18H2,1-3H3,(H,29,34)/t22-,24+,25-/m0/s1. The van der Waals surface area contributed by atoms with Gasteiger partial charge in [0.2, 0.25) is 0 Å². The number of nitrogens with one attached hydrogen (secondary N) is 1. The first-order valence-electron chi connectivity index (χ1n) is 12.2. The Bertz CT molecular complexity index is 1150. The number of hydrogen-bond acceptors (Lipinski definition) is 5. The van der Waals surface area contributed by atoms with Gasteiger partial charge in [0.25, 0.3) is 5.91 Å². The summed E-state index contributed by atoms with van der Waals surface area (Å²) >= 11 is 0. The van der Waals surface area contributed by atoms with Crippen molar-refractivity contribution in [2.24, 2.45) is 5.92 Å². The SMILES string of the molecule is Cc1nc(-c2ccc(N(C)C)cc2)cc([C@H]2CN3CC[C@H]2C[C@@H]3CNC(=O)c2ccccc2)n1. The molecule has 6 nitrogen and oxygen atoms in total. The summed E-state index contributed by atoms with van der Waals surface area (Å²) in [6, 6.07) is 20.6. The number of rotatable bonds is 6. The number of nitrogens with zero attached hydrogens (tertiary/aromatic N) is 4. The minimum atomic E-state index is 0.0103. The molecule has 1 unspecified atom stereocenters. The highest BCUT2D eigenvalue weighted by atomic mass is 16.1. The van der Waals surface area contributed by atoms with Crippen LogP contribution in [0, 0.1) is 12.8 Å². The van der Waals surface area contributed by atoms with Crippen LogP contribution in [0.3, 0.4) is 0 Å². The molecule has 1 amide bonds. The number of anilines is 1. The van der Waals surface area contributed by atoms with Crippen LogP contribution < -0.4 is 10.2 Å². The Morgan fingerprint density at radius 2 is 1.85 bits per heavy atom. The zero-order valence-corrected chi connectivity index (χ0v) is 20.2. The van der Waals surface area contributed by atoms with Gasteiger partial charge in [-0.25, -0.2) is 9.97 Å². The van der Waals surface area contributed by atoms with Gasteiger partial charge in [-0.15, -0.1) is 0 Å². The maximum atomic E-state index is 12.5. The molecule has 0 saturated carbocycles. The lowest BCUT2D eigenvalue weighted by molar-refractivity contribution is 0.0290. The summed E-state index contributed by atoms with van der Waals surface area (Å²) in [6.45, 7) is 4.77. The fourth-order valence-corrected chi connectivity index (χ4v) is 5.45. The van der Waals surface area contributed by atoms with Gasteiger partial charge in [0.1, 0.15) is 5.82 Å². The third kappa shape index (κ3) is 4.68. The van der Waals surface area contributed by atoms with Gasteiger partial charge < -0.3 is 10.2 Å². The topological polar surface area (TPSA) is 61.4 Å². The van der Waals surface area contributed by atoms with Crippen molar-refractivity contribution in [1.82, 2.24) is 20.2 Å². The zero-order chi connectivity index (χ0) is 23.7. The number of piperidine rings is 3. The fraction of sp³-hybridized carbons (Fsp3) is 0.393. The molecule has 2 bridgehead atoms. The smallest absolute Gasteiger partial charge is 0.251 e. The molecule has 176 valence electrons. The molecule has 1 N–H and O–H groups in total. The van der Waals surface area contributed by atoms with Crippen LogP contribution in [-0.2, 0) is 0 Å². The lowest BCUT2D eigenvalue weighted by Gasteiger charge is -2.49. The highest BCUT2D eigenvalue weighted by molar-refractivity contribution is 5.94. The molecule has 3 saturated heterocycles. The number of amides is 1. The van der Waals surface area contributed by atoms with E-state index in [0.29, 0.717) is 24.4 Å². The van der Waals surface area contributed by atoms with E-state index >= 15 is 0 Å². The second-order valence-corrected chi connectivity index (χ2v) is 9.78. The summed E-state index contributed by atoms with van der Waals surface area (Å²) in [5, 5.41) is 3.15. The molecule has 6 rings (SSSR count). The molecule has 1 aromatic heterocycles. The first-order chi connectivity index (χ1) is 16.5. The van der Waals surface area contributed by atoms with Gasteiger partial charge in [-0.3, -0.25) is 9.69 Å². The van der Waals surface area contributed by atoms with E-state index in [0.717, 1.165) is 47.8 Å². The molecule has 4 atom stereocenters. The maximum Gasteiger partial charge on any atom is 0.251 e. The van der Waals surface area contributed by atoms with Crippen molar-refractivity contribution in [3.05, 3.63) is 77.7 Å². The minimum Gasteiger partial charge on any atom is -0.378 e. The van der Waals surface area contributed by atoms with Crippen molar-refractivity contribution in [3.63, 3.8) is 0 Å². The summed E-state index contributed by atoms with van der Waals surface area (Å²) in [5.41, 5.74) is 5.17. The Morgan fingerprint density at radius 1 is 1.09 bits per heavy atom. The normalized spacial score (nSPS) is 23.5. The van der Waals surface area contributed by atoms with Crippen molar-refractivity contribution in [3.8, 4) is 11.3 Å². The molecule has 0 aliphatic carbocycles. The number of hydrogen-bond donors (Lipinski definition) is 1. The number of aryl methyl sites for hydroxylation is 1. The summed E-state index contributed by atoms with van der Waals surface area (Å²) in [7, 11) is 4.10. The van der Waals surface area contributed by atoms with Crippen molar-refractivity contribution >= 4 is 11.6 Å². The van der Waals surface area contributed by atoms with Crippen LogP contribution in [0.4, 0.5) is 5.69 Å². The number of fused-ring (bicyclic) bond motifs is 3. The van der Waals surface area contributed by atoms with E-state index in [1.165, 1.54) is 12.1 Å². The third-order valence-electron chi connectivity index (χ3n) is 7.33. The molecule has 6 heteroatoms. The van der Waals surface area contributed by atoms with E-state index in [1.807, 2.05) is 37.3 Å². The van der Waals surface area contributed by atoms with Gasteiger partial charge in [-0.05, 0) is 62.6 Å². The molecular formula is C28H33N5O. The first kappa shape index (κ1) is 22.5. The Hall–Kier alpha value is -3.25. The van der Waals surface area contributed by atoms with Gasteiger partial charge >= 0.3 is 0 Å². The molecule has 34 heavy (non-hydrogen) atoms. The van der Waals surface area contributed by atoms with Crippen molar-refractivity contribution in [2.75, 3.05) is 38.6 Å². The minimum absolute atomic E-state index is 0.0103. The largest absolute Gasteiger partial charge is 0.378 e. The Morgan fingerprint density at radius 3 is 2.53 bits per heavy atom. The van der Waals surface area contributed by atoms with E-state index in [-0.39, 0.29) is 5.91 Å². The van der Waals surface area contributed by atoms with Gasteiger partial charge in [0.15, 0.2) is 0 Å². The highest BCUT2D eigenvalue weighted by Gasteiger charge is 2.41. The second kappa shape index (κ2) is 9.55. The summed E-state index contributed by atoms with van der Waals surface area (Å²) in [4.78, 5) is 26.8. The number of carbonyl (C=O) groups excluding carboxylic acids is 1. The van der Waals surface area contributed by atoms with E-state index in [9.17, 15) is 4.79 Å². The Kier molecular flexibility index (Phi) is 6.33. The van der Waals surface area contributed by atoms with Gasteiger partial charge in [0.05, 0.1) is 5.69 Å². The molecule has 0 radical (unpaired) electrons. The lowest BCUT2D eigenvalue weighted by Crippen LogP contribution is -2.56. The van der Waals surface area contributed by atoms with E-state index in [1.54, 1.807) is 0 Å². The predicted octanol–water partition coefficient (Wildman–Crippen LogP) is 4.13. The molecule has 3 fully saturated rings. The third-order valence-corrected chi connectivity index (χ3v) is 7.33. The van der Waals surface area contributed by atoms with Crippen molar-refractivity contribution in [1.29, 1.82) is 0 Å². The molecule has 3 aliphatic heterocycles. The molecule has 4 heterocycles.